The van der Waals surface area contributed by atoms with Gasteiger partial charge in [-0.2, -0.15) is 10.4 Å². The number of carbonyl (C=O) groups excluding carboxylic acids is 2. The average Bonchev–Trinajstić information content (AvgIpc) is 2.79. The fourth-order valence-corrected chi connectivity index (χ4v) is 3.12. The Morgan fingerprint density at radius 2 is 1.84 bits per heavy atom. The molecule has 3 aromatic rings. The van der Waals surface area contributed by atoms with E-state index in [9.17, 15) is 9.59 Å². The van der Waals surface area contributed by atoms with Crippen LogP contribution in [0.25, 0.3) is 0 Å². The SMILES string of the molecule is N#Cc1ccccc1OCC(=O)NN=Cc1cc(Br)ccc1OC(=O)c1ccccc1Cl. The standard InChI is InChI=1S/C23H15BrClN3O4/c24-17-9-10-21(32-23(30)18-6-2-3-7-19(18)25)16(11-17)13-27-28-22(29)14-31-20-8-4-1-5-15(20)12-26/h1-11,13H,14H2,(H,28,29). The zero-order chi connectivity index (χ0) is 22.9. The van der Waals surface area contributed by atoms with E-state index >= 15 is 0 Å². The number of nitrogens with one attached hydrogen (secondary N) is 1. The van der Waals surface area contributed by atoms with Crippen molar-refractivity contribution in [1.29, 1.82) is 5.26 Å². The molecule has 9 heteroatoms. The number of esters is 1. The van der Waals surface area contributed by atoms with Gasteiger partial charge in [0.2, 0.25) is 0 Å². The summed E-state index contributed by atoms with van der Waals surface area (Å²) in [7, 11) is 0. The summed E-state index contributed by atoms with van der Waals surface area (Å²) in [4.78, 5) is 24.5. The lowest BCUT2D eigenvalue weighted by Crippen LogP contribution is -2.24. The van der Waals surface area contributed by atoms with Gasteiger partial charge in [-0.05, 0) is 42.5 Å². The molecule has 0 aliphatic carbocycles. The Hall–Kier alpha value is -3.67. The van der Waals surface area contributed by atoms with E-state index in [1.54, 1.807) is 66.7 Å². The first-order valence-corrected chi connectivity index (χ1v) is 10.3. The average molecular weight is 513 g/mol. The van der Waals surface area contributed by atoms with Crippen LogP contribution >= 0.6 is 27.5 Å². The molecule has 0 radical (unpaired) electrons. The van der Waals surface area contributed by atoms with Crippen LogP contribution in [-0.4, -0.2) is 24.7 Å². The number of benzene rings is 3. The summed E-state index contributed by atoms with van der Waals surface area (Å²) in [5.74, 6) is -0.620. The number of halogens is 2. The Morgan fingerprint density at radius 1 is 1.09 bits per heavy atom. The predicted octanol–water partition coefficient (Wildman–Crippen LogP) is 4.72. The van der Waals surface area contributed by atoms with Gasteiger partial charge in [-0.25, -0.2) is 10.2 Å². The van der Waals surface area contributed by atoms with Gasteiger partial charge in [0.25, 0.3) is 5.91 Å². The number of hydrogen-bond acceptors (Lipinski definition) is 6. The highest BCUT2D eigenvalue weighted by Gasteiger charge is 2.14. The molecule has 3 aromatic carbocycles. The van der Waals surface area contributed by atoms with Crippen molar-refractivity contribution in [2.75, 3.05) is 6.61 Å². The summed E-state index contributed by atoms with van der Waals surface area (Å²) < 4.78 is 11.5. The van der Waals surface area contributed by atoms with Crippen LogP contribution < -0.4 is 14.9 Å². The third-order valence-electron chi connectivity index (χ3n) is 4.03. The first kappa shape index (κ1) is 23.0. The Balaban J connectivity index is 1.64. The summed E-state index contributed by atoms with van der Waals surface area (Å²) in [6, 6.07) is 20.1. The number of nitrogens with zero attached hydrogens (tertiary/aromatic N) is 2. The molecule has 0 aliphatic rings. The summed E-state index contributed by atoms with van der Waals surface area (Å²) in [6.07, 6.45) is 1.33. The third-order valence-corrected chi connectivity index (χ3v) is 4.85. The number of rotatable bonds is 7. The normalized spacial score (nSPS) is 10.4. The molecule has 32 heavy (non-hydrogen) atoms. The fourth-order valence-electron chi connectivity index (χ4n) is 2.53. The maximum atomic E-state index is 12.5. The maximum absolute atomic E-state index is 12.5. The molecule has 0 heterocycles. The summed E-state index contributed by atoms with van der Waals surface area (Å²) in [6.45, 7) is -0.330. The molecule has 3 rings (SSSR count). The Labute approximate surface area is 197 Å². The van der Waals surface area contributed by atoms with E-state index in [0.717, 1.165) is 4.47 Å². The van der Waals surface area contributed by atoms with Crippen LogP contribution in [0.15, 0.2) is 76.3 Å². The van der Waals surface area contributed by atoms with Gasteiger partial charge in [0, 0.05) is 10.0 Å². The summed E-state index contributed by atoms with van der Waals surface area (Å²) >= 11 is 9.40. The lowest BCUT2D eigenvalue weighted by molar-refractivity contribution is -0.123. The van der Waals surface area contributed by atoms with Crippen molar-refractivity contribution < 1.29 is 19.1 Å². The van der Waals surface area contributed by atoms with E-state index in [1.807, 2.05) is 6.07 Å². The van der Waals surface area contributed by atoms with Gasteiger partial charge in [-0.15, -0.1) is 0 Å². The molecule has 0 unspecified atom stereocenters. The highest BCUT2D eigenvalue weighted by molar-refractivity contribution is 9.10. The summed E-state index contributed by atoms with van der Waals surface area (Å²) in [5.41, 5.74) is 3.31. The first-order chi connectivity index (χ1) is 15.5. The van der Waals surface area contributed by atoms with Crippen LogP contribution in [0, 0.1) is 11.3 Å². The van der Waals surface area contributed by atoms with E-state index < -0.39 is 11.9 Å². The molecule has 1 N–H and O–H groups in total. The molecule has 0 saturated heterocycles. The zero-order valence-corrected chi connectivity index (χ0v) is 18.8. The van der Waals surface area contributed by atoms with Gasteiger partial charge in [0.15, 0.2) is 6.61 Å². The van der Waals surface area contributed by atoms with Crippen molar-refractivity contribution in [3.8, 4) is 17.6 Å². The van der Waals surface area contributed by atoms with Crippen LogP contribution in [-0.2, 0) is 4.79 Å². The third kappa shape index (κ3) is 6.17. The van der Waals surface area contributed by atoms with Crippen LogP contribution in [0.1, 0.15) is 21.5 Å². The first-order valence-electron chi connectivity index (χ1n) is 9.18. The van der Waals surface area contributed by atoms with Gasteiger partial charge in [-0.3, -0.25) is 4.79 Å². The van der Waals surface area contributed by atoms with Gasteiger partial charge >= 0.3 is 5.97 Å². The van der Waals surface area contributed by atoms with Gasteiger partial charge < -0.3 is 9.47 Å². The Morgan fingerprint density at radius 3 is 2.62 bits per heavy atom. The van der Waals surface area contributed by atoms with Crippen molar-refractivity contribution in [1.82, 2.24) is 5.43 Å². The lowest BCUT2D eigenvalue weighted by atomic mass is 10.2. The van der Waals surface area contributed by atoms with E-state index in [1.165, 1.54) is 6.21 Å². The lowest BCUT2D eigenvalue weighted by Gasteiger charge is -2.09. The van der Waals surface area contributed by atoms with E-state index in [0.29, 0.717) is 16.9 Å². The molecular formula is C23H15BrClN3O4. The largest absolute Gasteiger partial charge is 0.482 e. The molecular weight excluding hydrogens is 498 g/mol. The Kier molecular flexibility index (Phi) is 7.97. The van der Waals surface area contributed by atoms with Crippen molar-refractivity contribution in [3.05, 3.63) is 92.9 Å². The number of hydrogen-bond donors (Lipinski definition) is 1. The minimum atomic E-state index is -0.624. The molecule has 160 valence electrons. The van der Waals surface area contributed by atoms with Crippen LogP contribution in [0.4, 0.5) is 0 Å². The number of nitriles is 1. The fraction of sp³-hybridized carbons (Fsp3) is 0.0435. The van der Waals surface area contributed by atoms with Crippen molar-refractivity contribution >= 4 is 45.6 Å². The molecule has 0 atom stereocenters. The monoisotopic (exact) mass is 511 g/mol. The number of para-hydroxylation sites is 1. The van der Waals surface area contributed by atoms with Crippen molar-refractivity contribution in [2.24, 2.45) is 5.10 Å². The number of amides is 1. The highest BCUT2D eigenvalue weighted by Crippen LogP contribution is 2.24. The molecule has 0 fully saturated rings. The minimum absolute atomic E-state index is 0.225. The summed E-state index contributed by atoms with van der Waals surface area (Å²) in [5, 5.41) is 13.2. The van der Waals surface area contributed by atoms with Crippen molar-refractivity contribution in [2.45, 2.75) is 0 Å². The second-order valence-electron chi connectivity index (χ2n) is 6.24. The van der Waals surface area contributed by atoms with E-state index in [-0.39, 0.29) is 22.9 Å². The number of carbonyl (C=O) groups is 2. The maximum Gasteiger partial charge on any atom is 0.345 e. The van der Waals surface area contributed by atoms with Gasteiger partial charge in [0.05, 0.1) is 22.4 Å². The molecule has 0 saturated carbocycles. The molecule has 0 bridgehead atoms. The van der Waals surface area contributed by atoms with Crippen molar-refractivity contribution in [3.63, 3.8) is 0 Å². The molecule has 1 amide bonds. The quantitative estimate of drug-likeness (QED) is 0.214. The molecule has 0 spiro atoms. The Bertz CT molecular complexity index is 1220. The number of ether oxygens (including phenoxy) is 2. The molecule has 0 aromatic heterocycles. The van der Waals surface area contributed by atoms with Crippen LogP contribution in [0.3, 0.4) is 0 Å². The van der Waals surface area contributed by atoms with Gasteiger partial charge in [-0.1, -0.05) is 51.8 Å². The number of hydrazone groups is 1. The van der Waals surface area contributed by atoms with Crippen LogP contribution in [0.5, 0.6) is 11.5 Å². The van der Waals surface area contributed by atoms with E-state index in [4.69, 9.17) is 26.3 Å². The topological polar surface area (TPSA) is 101 Å². The minimum Gasteiger partial charge on any atom is -0.482 e. The second-order valence-corrected chi connectivity index (χ2v) is 7.56. The van der Waals surface area contributed by atoms with Crippen LogP contribution in [0.2, 0.25) is 5.02 Å². The van der Waals surface area contributed by atoms with E-state index in [2.05, 4.69) is 26.5 Å². The van der Waals surface area contributed by atoms with Gasteiger partial charge in [0.1, 0.15) is 17.6 Å². The molecule has 7 nitrogen and oxygen atoms in total. The highest BCUT2D eigenvalue weighted by atomic mass is 79.9. The predicted molar refractivity (Wildman–Crippen MR) is 123 cm³/mol. The smallest absolute Gasteiger partial charge is 0.345 e. The zero-order valence-electron chi connectivity index (χ0n) is 16.4. The molecule has 0 aliphatic heterocycles. The second kappa shape index (κ2) is 11.1.